The van der Waals surface area contributed by atoms with E-state index in [4.69, 9.17) is 4.52 Å². The molecule has 3 rings (SSSR count). The molecule has 6 heteroatoms. The van der Waals surface area contributed by atoms with E-state index < -0.39 is 0 Å². The third-order valence-corrected chi connectivity index (χ3v) is 4.21. The van der Waals surface area contributed by atoms with Gasteiger partial charge in [0.2, 0.25) is 5.91 Å². The number of hydrogen-bond acceptors (Lipinski definition) is 4. The molecule has 0 fully saturated rings. The van der Waals surface area contributed by atoms with E-state index in [0.717, 1.165) is 10.9 Å². The van der Waals surface area contributed by atoms with Crippen LogP contribution in [0.15, 0.2) is 47.0 Å². The van der Waals surface area contributed by atoms with Crippen LogP contribution in [0, 0.1) is 12.8 Å². The Kier molecular flexibility index (Phi) is 5.54. The van der Waals surface area contributed by atoms with Crippen LogP contribution in [0.2, 0.25) is 0 Å². The van der Waals surface area contributed by atoms with Crippen molar-refractivity contribution in [3.63, 3.8) is 0 Å². The molecule has 0 atom stereocenters. The molecule has 2 aromatic carbocycles. The molecular formula is C21H23N3O3. The summed E-state index contributed by atoms with van der Waals surface area (Å²) in [5.74, 6) is 0.0918. The number of anilines is 1. The van der Waals surface area contributed by atoms with E-state index in [-0.39, 0.29) is 18.2 Å². The van der Waals surface area contributed by atoms with Gasteiger partial charge < -0.3 is 15.2 Å². The molecule has 0 saturated heterocycles. The quantitative estimate of drug-likeness (QED) is 0.697. The number of aromatic nitrogens is 1. The number of carbonyl (C=O) groups is 2. The number of aryl methyl sites for hydroxylation is 1. The van der Waals surface area contributed by atoms with Crippen LogP contribution < -0.4 is 10.6 Å². The monoisotopic (exact) mass is 365 g/mol. The van der Waals surface area contributed by atoms with Gasteiger partial charge in [-0.2, -0.15) is 0 Å². The predicted octanol–water partition coefficient (Wildman–Crippen LogP) is 3.70. The van der Waals surface area contributed by atoms with Crippen molar-refractivity contribution in [1.82, 2.24) is 10.5 Å². The summed E-state index contributed by atoms with van der Waals surface area (Å²) >= 11 is 0. The lowest BCUT2D eigenvalue weighted by Gasteiger charge is -2.11. The third kappa shape index (κ3) is 4.53. The van der Waals surface area contributed by atoms with Gasteiger partial charge in [-0.05, 0) is 48.7 Å². The standard InChI is InChI=1S/C21H23N3O3/c1-13(2)12-22-21(26)15-8-9-17(14(3)10-15)23-20(25)11-18-16-6-4-5-7-19(16)27-24-18/h4-10,13H,11-12H2,1-3H3,(H,22,26)(H,23,25). The smallest absolute Gasteiger partial charge is 0.251 e. The number of nitrogens with one attached hydrogen (secondary N) is 2. The van der Waals surface area contributed by atoms with E-state index in [2.05, 4.69) is 15.8 Å². The largest absolute Gasteiger partial charge is 0.356 e. The van der Waals surface area contributed by atoms with Crippen LogP contribution >= 0.6 is 0 Å². The molecule has 1 heterocycles. The lowest BCUT2D eigenvalue weighted by atomic mass is 10.1. The molecule has 0 spiro atoms. The van der Waals surface area contributed by atoms with Gasteiger partial charge in [-0.1, -0.05) is 31.1 Å². The van der Waals surface area contributed by atoms with Crippen molar-refractivity contribution in [2.75, 3.05) is 11.9 Å². The van der Waals surface area contributed by atoms with E-state index >= 15 is 0 Å². The highest BCUT2D eigenvalue weighted by Crippen LogP contribution is 2.20. The fraction of sp³-hybridized carbons (Fsp3) is 0.286. The first-order valence-corrected chi connectivity index (χ1v) is 8.96. The first-order valence-electron chi connectivity index (χ1n) is 8.96. The zero-order chi connectivity index (χ0) is 19.4. The van der Waals surface area contributed by atoms with E-state index in [0.29, 0.717) is 35.0 Å². The maximum atomic E-state index is 12.4. The summed E-state index contributed by atoms with van der Waals surface area (Å²) in [6.07, 6.45) is 0.118. The van der Waals surface area contributed by atoms with Crippen LogP contribution in [-0.2, 0) is 11.2 Å². The molecule has 27 heavy (non-hydrogen) atoms. The van der Waals surface area contributed by atoms with Crippen LogP contribution in [-0.4, -0.2) is 23.5 Å². The molecule has 0 radical (unpaired) electrons. The Morgan fingerprint density at radius 1 is 1.15 bits per heavy atom. The Labute approximate surface area is 157 Å². The Morgan fingerprint density at radius 2 is 1.93 bits per heavy atom. The highest BCUT2D eigenvalue weighted by molar-refractivity contribution is 5.97. The van der Waals surface area contributed by atoms with E-state index in [1.54, 1.807) is 18.2 Å². The maximum Gasteiger partial charge on any atom is 0.251 e. The van der Waals surface area contributed by atoms with Gasteiger partial charge in [0.25, 0.3) is 5.91 Å². The number of para-hydroxylation sites is 1. The number of hydrogen-bond donors (Lipinski definition) is 2. The number of rotatable bonds is 6. The summed E-state index contributed by atoms with van der Waals surface area (Å²) in [4.78, 5) is 24.6. The Balaban J connectivity index is 1.66. The third-order valence-electron chi connectivity index (χ3n) is 4.21. The molecule has 3 aromatic rings. The van der Waals surface area contributed by atoms with E-state index in [1.165, 1.54) is 0 Å². The Morgan fingerprint density at radius 3 is 2.67 bits per heavy atom. The van der Waals surface area contributed by atoms with E-state index in [9.17, 15) is 9.59 Å². The number of amides is 2. The second-order valence-corrected chi connectivity index (χ2v) is 6.98. The molecule has 0 unspecified atom stereocenters. The fourth-order valence-electron chi connectivity index (χ4n) is 2.76. The minimum atomic E-state index is -0.186. The second kappa shape index (κ2) is 8.03. The second-order valence-electron chi connectivity index (χ2n) is 6.98. The summed E-state index contributed by atoms with van der Waals surface area (Å²) in [7, 11) is 0. The summed E-state index contributed by atoms with van der Waals surface area (Å²) in [6, 6.07) is 12.7. The lowest BCUT2D eigenvalue weighted by Crippen LogP contribution is -2.27. The first-order chi connectivity index (χ1) is 12.9. The maximum absolute atomic E-state index is 12.4. The van der Waals surface area contributed by atoms with Gasteiger partial charge in [0, 0.05) is 23.2 Å². The number of nitrogens with zero attached hydrogens (tertiary/aromatic N) is 1. The molecule has 2 N–H and O–H groups in total. The molecule has 0 bridgehead atoms. The van der Waals surface area contributed by atoms with Gasteiger partial charge in [0.15, 0.2) is 5.58 Å². The van der Waals surface area contributed by atoms with Crippen molar-refractivity contribution in [3.8, 4) is 0 Å². The Hall–Kier alpha value is -3.15. The summed E-state index contributed by atoms with van der Waals surface area (Å²) in [6.45, 7) is 6.58. The molecule has 1 aromatic heterocycles. The average Bonchev–Trinajstić information content (AvgIpc) is 3.04. The zero-order valence-electron chi connectivity index (χ0n) is 15.7. The summed E-state index contributed by atoms with van der Waals surface area (Å²) in [5.41, 5.74) is 3.34. The lowest BCUT2D eigenvalue weighted by molar-refractivity contribution is -0.115. The molecule has 0 saturated carbocycles. The molecule has 0 aliphatic rings. The normalized spacial score (nSPS) is 11.0. The van der Waals surface area contributed by atoms with Gasteiger partial charge in [0.1, 0.15) is 5.69 Å². The minimum absolute atomic E-state index is 0.112. The molecule has 2 amide bonds. The molecule has 0 aliphatic carbocycles. The number of carbonyl (C=O) groups excluding carboxylic acids is 2. The van der Waals surface area contributed by atoms with Crippen LogP contribution in [0.5, 0.6) is 0 Å². The topological polar surface area (TPSA) is 84.2 Å². The molecule has 0 aliphatic heterocycles. The Bertz CT molecular complexity index is 976. The van der Waals surface area contributed by atoms with Crippen LogP contribution in [0.25, 0.3) is 11.0 Å². The van der Waals surface area contributed by atoms with Crippen LogP contribution in [0.3, 0.4) is 0 Å². The van der Waals surface area contributed by atoms with Crippen LogP contribution in [0.1, 0.15) is 35.5 Å². The van der Waals surface area contributed by atoms with Gasteiger partial charge in [-0.15, -0.1) is 0 Å². The van der Waals surface area contributed by atoms with Gasteiger partial charge in [0.05, 0.1) is 6.42 Å². The molecular weight excluding hydrogens is 342 g/mol. The SMILES string of the molecule is Cc1cc(C(=O)NCC(C)C)ccc1NC(=O)Cc1noc2ccccc12. The van der Waals surface area contributed by atoms with E-state index in [1.807, 2.05) is 45.0 Å². The van der Waals surface area contributed by atoms with Gasteiger partial charge in [-0.25, -0.2) is 0 Å². The highest BCUT2D eigenvalue weighted by atomic mass is 16.5. The average molecular weight is 365 g/mol. The van der Waals surface area contributed by atoms with Crippen molar-refractivity contribution in [1.29, 1.82) is 0 Å². The highest BCUT2D eigenvalue weighted by Gasteiger charge is 2.14. The first kappa shape index (κ1) is 18.6. The van der Waals surface area contributed by atoms with Crippen molar-refractivity contribution in [2.45, 2.75) is 27.2 Å². The molecule has 6 nitrogen and oxygen atoms in total. The summed E-state index contributed by atoms with van der Waals surface area (Å²) < 4.78 is 5.23. The van der Waals surface area contributed by atoms with Crippen molar-refractivity contribution in [2.24, 2.45) is 5.92 Å². The van der Waals surface area contributed by atoms with Crippen molar-refractivity contribution < 1.29 is 14.1 Å². The number of fused-ring (bicyclic) bond motifs is 1. The van der Waals surface area contributed by atoms with Gasteiger partial charge in [-0.3, -0.25) is 9.59 Å². The van der Waals surface area contributed by atoms with Gasteiger partial charge >= 0.3 is 0 Å². The predicted molar refractivity (Wildman–Crippen MR) is 105 cm³/mol. The van der Waals surface area contributed by atoms with Crippen molar-refractivity contribution >= 4 is 28.5 Å². The minimum Gasteiger partial charge on any atom is -0.356 e. The summed E-state index contributed by atoms with van der Waals surface area (Å²) in [5, 5.41) is 10.6. The number of benzene rings is 2. The fourth-order valence-corrected chi connectivity index (χ4v) is 2.76. The zero-order valence-corrected chi connectivity index (χ0v) is 15.7. The molecule has 140 valence electrons. The van der Waals surface area contributed by atoms with Crippen LogP contribution in [0.4, 0.5) is 5.69 Å². The van der Waals surface area contributed by atoms with Crippen molar-refractivity contribution in [3.05, 3.63) is 59.3 Å².